The van der Waals surface area contributed by atoms with Gasteiger partial charge in [-0.05, 0) is 0 Å². The molecule has 0 N–H and O–H groups in total. The van der Waals surface area contributed by atoms with E-state index in [1.807, 2.05) is 24.3 Å². The molecule has 1 atom stereocenters. The number of benzene rings is 1. The number of carbonyl (C=O) groups is 1. The molecule has 120 valence electrons. The third kappa shape index (κ3) is 1.57. The number of alkyl halides is 1. The largest absolute Gasteiger partial charge is 0.331 e. The second kappa shape index (κ2) is 4.23. The molecule has 5 nitrogen and oxygen atoms in total. The molecule has 6 heteroatoms. The molecule has 1 aliphatic heterocycles. The number of aromatic nitrogens is 1. The SMILES string of the molecule is [C-]#[N+][C@H]1CN(C23CC(F)(C2)C3)C(=O)N1c1cncc2ccccc12. The highest BCUT2D eigenvalue weighted by molar-refractivity contribution is 6.04. The van der Waals surface area contributed by atoms with Gasteiger partial charge in [-0.15, -0.1) is 0 Å². The fraction of sp³-hybridized carbons (Fsp3) is 0.389. The van der Waals surface area contributed by atoms with Crippen molar-refractivity contribution in [3.05, 3.63) is 48.1 Å². The molecule has 4 aliphatic rings. The first-order chi connectivity index (χ1) is 11.6. The topological polar surface area (TPSA) is 40.8 Å². The van der Waals surface area contributed by atoms with Crippen molar-refractivity contribution in [3.63, 3.8) is 0 Å². The van der Waals surface area contributed by atoms with Crippen molar-refractivity contribution in [2.75, 3.05) is 11.4 Å². The summed E-state index contributed by atoms with van der Waals surface area (Å²) in [5, 5.41) is 1.83. The summed E-state index contributed by atoms with van der Waals surface area (Å²) in [6.07, 6.45) is 4.04. The van der Waals surface area contributed by atoms with Crippen molar-refractivity contribution in [2.45, 2.75) is 36.6 Å². The maximum Gasteiger partial charge on any atom is 0.331 e. The quantitative estimate of drug-likeness (QED) is 0.796. The Morgan fingerprint density at radius 2 is 2.00 bits per heavy atom. The average Bonchev–Trinajstić information content (AvgIpc) is 2.87. The summed E-state index contributed by atoms with van der Waals surface area (Å²) in [6.45, 7) is 7.84. The summed E-state index contributed by atoms with van der Waals surface area (Å²) in [7, 11) is 0. The van der Waals surface area contributed by atoms with Gasteiger partial charge in [-0.25, -0.2) is 20.7 Å². The van der Waals surface area contributed by atoms with Crippen molar-refractivity contribution in [1.29, 1.82) is 0 Å². The minimum absolute atomic E-state index is 0.198. The maximum atomic E-state index is 13.9. The summed E-state index contributed by atoms with van der Waals surface area (Å²) >= 11 is 0. The Hall–Kier alpha value is -2.68. The van der Waals surface area contributed by atoms with E-state index in [-0.39, 0.29) is 11.6 Å². The number of hydrogen-bond donors (Lipinski definition) is 0. The van der Waals surface area contributed by atoms with E-state index in [2.05, 4.69) is 9.83 Å². The Morgan fingerprint density at radius 3 is 2.71 bits per heavy atom. The van der Waals surface area contributed by atoms with Crippen LogP contribution in [0, 0.1) is 6.57 Å². The average molecular weight is 322 g/mol. The number of fused-ring (bicyclic) bond motifs is 1. The van der Waals surface area contributed by atoms with Crippen LogP contribution in [-0.4, -0.2) is 39.8 Å². The highest BCUT2D eigenvalue weighted by Gasteiger charge is 2.74. The first-order valence-electron chi connectivity index (χ1n) is 8.04. The number of pyridine rings is 1. The minimum Gasteiger partial charge on any atom is -0.308 e. The van der Waals surface area contributed by atoms with E-state index in [0.717, 1.165) is 10.8 Å². The van der Waals surface area contributed by atoms with Gasteiger partial charge < -0.3 is 4.90 Å². The monoisotopic (exact) mass is 322 g/mol. The summed E-state index contributed by atoms with van der Waals surface area (Å²) in [4.78, 5) is 24.2. The molecule has 1 saturated heterocycles. The summed E-state index contributed by atoms with van der Waals surface area (Å²) in [5.41, 5.74) is -0.771. The fourth-order valence-corrected chi connectivity index (χ4v) is 4.53. The van der Waals surface area contributed by atoms with Gasteiger partial charge in [0.25, 0.3) is 0 Å². The van der Waals surface area contributed by atoms with E-state index in [1.54, 1.807) is 17.3 Å². The van der Waals surface area contributed by atoms with Gasteiger partial charge in [0.15, 0.2) is 0 Å². The zero-order valence-electron chi connectivity index (χ0n) is 12.9. The molecular weight excluding hydrogens is 307 g/mol. The van der Waals surface area contributed by atoms with E-state index >= 15 is 0 Å². The molecule has 1 aromatic heterocycles. The Balaban J connectivity index is 1.57. The first kappa shape index (κ1) is 13.7. The number of hydrogen-bond acceptors (Lipinski definition) is 2. The van der Waals surface area contributed by atoms with E-state index < -0.39 is 11.8 Å². The number of urea groups is 1. The smallest absolute Gasteiger partial charge is 0.308 e. The van der Waals surface area contributed by atoms with E-state index in [0.29, 0.717) is 31.5 Å². The van der Waals surface area contributed by atoms with Gasteiger partial charge in [-0.3, -0.25) is 9.83 Å². The number of carbonyl (C=O) groups excluding carboxylic acids is 1. The predicted molar refractivity (Wildman–Crippen MR) is 87.1 cm³/mol. The lowest BCUT2D eigenvalue weighted by Gasteiger charge is -2.68. The normalized spacial score (nSPS) is 34.0. The number of amides is 2. The number of anilines is 1. The second-order valence-electron chi connectivity index (χ2n) is 7.16. The Morgan fingerprint density at radius 1 is 1.25 bits per heavy atom. The zero-order chi connectivity index (χ0) is 16.5. The van der Waals surface area contributed by atoms with E-state index in [9.17, 15) is 9.18 Å². The van der Waals surface area contributed by atoms with Crippen LogP contribution in [0.3, 0.4) is 0 Å². The Bertz CT molecular complexity index is 896. The van der Waals surface area contributed by atoms with Gasteiger partial charge in [-0.1, -0.05) is 24.3 Å². The van der Waals surface area contributed by atoms with Gasteiger partial charge in [0.05, 0.1) is 17.4 Å². The number of rotatable bonds is 2. The van der Waals surface area contributed by atoms with Crippen LogP contribution in [0.15, 0.2) is 36.7 Å². The Kier molecular flexibility index (Phi) is 2.42. The third-order valence-corrected chi connectivity index (χ3v) is 5.65. The van der Waals surface area contributed by atoms with Crippen LogP contribution in [0.25, 0.3) is 15.6 Å². The van der Waals surface area contributed by atoms with Crippen molar-refractivity contribution in [2.24, 2.45) is 0 Å². The van der Waals surface area contributed by atoms with Gasteiger partial charge >= 0.3 is 12.2 Å². The lowest BCUT2D eigenvalue weighted by molar-refractivity contribution is -0.208. The van der Waals surface area contributed by atoms with E-state index in [1.165, 1.54) is 4.90 Å². The Labute approximate surface area is 138 Å². The highest BCUT2D eigenvalue weighted by atomic mass is 19.1. The first-order valence-corrected chi connectivity index (χ1v) is 8.04. The van der Waals surface area contributed by atoms with Gasteiger partial charge in [0, 0.05) is 36.2 Å². The molecule has 4 fully saturated rings. The molecule has 0 unspecified atom stereocenters. The minimum atomic E-state index is -1.07. The summed E-state index contributed by atoms with van der Waals surface area (Å²) in [6, 6.07) is 7.49. The zero-order valence-corrected chi connectivity index (χ0v) is 12.9. The summed E-state index contributed by atoms with van der Waals surface area (Å²) in [5.74, 6) is 0. The molecule has 2 amide bonds. The second-order valence-corrected chi connectivity index (χ2v) is 7.16. The van der Waals surface area contributed by atoms with Gasteiger partial charge in [0.2, 0.25) is 0 Å². The van der Waals surface area contributed by atoms with Crippen LogP contribution in [0.5, 0.6) is 0 Å². The lowest BCUT2D eigenvalue weighted by Crippen LogP contribution is -2.77. The van der Waals surface area contributed by atoms with Crippen molar-refractivity contribution < 1.29 is 9.18 Å². The predicted octanol–water partition coefficient (Wildman–Crippen LogP) is 3.37. The maximum absolute atomic E-state index is 13.9. The fourth-order valence-electron chi connectivity index (χ4n) is 4.53. The lowest BCUT2D eigenvalue weighted by atomic mass is 9.47. The van der Waals surface area contributed by atoms with Crippen molar-refractivity contribution in [3.8, 4) is 0 Å². The molecule has 1 aromatic carbocycles. The molecule has 6 rings (SSSR count). The van der Waals surface area contributed by atoms with Crippen LogP contribution in [0.2, 0.25) is 0 Å². The number of nitrogens with zero attached hydrogens (tertiary/aromatic N) is 4. The van der Waals surface area contributed by atoms with Crippen LogP contribution in [-0.2, 0) is 0 Å². The molecule has 3 aliphatic carbocycles. The van der Waals surface area contributed by atoms with E-state index in [4.69, 9.17) is 6.57 Å². The van der Waals surface area contributed by atoms with Crippen LogP contribution in [0.4, 0.5) is 14.9 Å². The van der Waals surface area contributed by atoms with Crippen molar-refractivity contribution in [1.82, 2.24) is 9.88 Å². The molecular formula is C18H15FN4O. The van der Waals surface area contributed by atoms with Crippen LogP contribution >= 0.6 is 0 Å². The van der Waals surface area contributed by atoms with Crippen LogP contribution < -0.4 is 4.90 Å². The highest BCUT2D eigenvalue weighted by Crippen LogP contribution is 2.66. The summed E-state index contributed by atoms with van der Waals surface area (Å²) < 4.78 is 13.9. The molecule has 3 saturated carbocycles. The standard InChI is InChI=1S/C18H15FN4O/c1-20-15-8-22(18-9-17(19,10-18)11-18)16(24)23(15)14-7-21-6-12-4-2-3-5-13(12)14/h2-7,15H,8-11H2/t15-,17?,18?/m1/s1. The molecule has 2 aromatic rings. The molecule has 2 bridgehead atoms. The van der Waals surface area contributed by atoms with Crippen molar-refractivity contribution >= 4 is 22.5 Å². The van der Waals surface area contributed by atoms with Gasteiger partial charge in [0.1, 0.15) is 12.2 Å². The van der Waals surface area contributed by atoms with Crippen LogP contribution in [0.1, 0.15) is 19.3 Å². The molecule has 2 heterocycles. The molecule has 24 heavy (non-hydrogen) atoms. The third-order valence-electron chi connectivity index (χ3n) is 5.65. The molecule has 0 radical (unpaired) electrons. The number of halogens is 1. The molecule has 0 spiro atoms. The van der Waals surface area contributed by atoms with Gasteiger partial charge in [-0.2, -0.15) is 0 Å².